The van der Waals surface area contributed by atoms with Gasteiger partial charge in [0.25, 0.3) is 5.91 Å². The molecular formula is C19H15F3N2O2. The number of hydrogen-bond donors (Lipinski definition) is 1. The van der Waals surface area contributed by atoms with E-state index in [2.05, 4.69) is 10.3 Å². The number of halogens is 3. The molecule has 134 valence electrons. The number of carbonyl (C=O) groups excluding carboxylic acids is 1. The fourth-order valence-corrected chi connectivity index (χ4v) is 2.47. The van der Waals surface area contributed by atoms with Gasteiger partial charge in [-0.1, -0.05) is 12.1 Å². The molecule has 0 aliphatic rings. The summed E-state index contributed by atoms with van der Waals surface area (Å²) in [7, 11) is 0. The fourth-order valence-electron chi connectivity index (χ4n) is 2.47. The number of nitrogens with zero attached hydrogens (tertiary/aromatic N) is 1. The Morgan fingerprint density at radius 2 is 1.85 bits per heavy atom. The standard InChI is InChI=1S/C19H15F3N2O2/c1-12(13-7-9-23-10-8-13)24-18(25)17-6-5-16(26-17)14-3-2-4-15(11-14)19(20,21)22/h2-12H,1H3,(H,24,25). The van der Waals surface area contributed by atoms with Gasteiger partial charge in [0.15, 0.2) is 5.76 Å². The number of hydrogen-bond acceptors (Lipinski definition) is 3. The Morgan fingerprint density at radius 1 is 1.12 bits per heavy atom. The highest BCUT2D eigenvalue weighted by atomic mass is 19.4. The summed E-state index contributed by atoms with van der Waals surface area (Å²) in [4.78, 5) is 16.2. The number of aromatic nitrogens is 1. The third-order valence-corrected chi connectivity index (χ3v) is 3.86. The summed E-state index contributed by atoms with van der Waals surface area (Å²) in [5.41, 5.74) is 0.350. The Hall–Kier alpha value is -3.09. The molecule has 0 aliphatic carbocycles. The van der Waals surface area contributed by atoms with Crippen LogP contribution in [0.15, 0.2) is 65.3 Å². The molecule has 1 N–H and O–H groups in total. The number of carbonyl (C=O) groups is 1. The van der Waals surface area contributed by atoms with E-state index in [4.69, 9.17) is 4.42 Å². The predicted octanol–water partition coefficient (Wildman–Crippen LogP) is 4.85. The highest BCUT2D eigenvalue weighted by molar-refractivity contribution is 5.92. The van der Waals surface area contributed by atoms with Gasteiger partial charge in [-0.25, -0.2) is 0 Å². The highest BCUT2D eigenvalue weighted by Crippen LogP contribution is 2.32. The van der Waals surface area contributed by atoms with E-state index in [1.54, 1.807) is 24.5 Å². The normalized spacial score (nSPS) is 12.6. The van der Waals surface area contributed by atoms with Gasteiger partial charge in [0, 0.05) is 18.0 Å². The number of pyridine rings is 1. The summed E-state index contributed by atoms with van der Waals surface area (Å²) in [6, 6.07) is 11.0. The van der Waals surface area contributed by atoms with Gasteiger partial charge in [-0.05, 0) is 48.9 Å². The van der Waals surface area contributed by atoms with Crippen molar-refractivity contribution in [1.82, 2.24) is 10.3 Å². The highest BCUT2D eigenvalue weighted by Gasteiger charge is 2.30. The molecule has 3 rings (SSSR count). The lowest BCUT2D eigenvalue weighted by Crippen LogP contribution is -2.26. The molecule has 26 heavy (non-hydrogen) atoms. The van der Waals surface area contributed by atoms with Crippen molar-refractivity contribution in [3.63, 3.8) is 0 Å². The van der Waals surface area contributed by atoms with Crippen molar-refractivity contribution >= 4 is 5.91 Å². The Bertz CT molecular complexity index is 904. The second kappa shape index (κ2) is 7.03. The van der Waals surface area contributed by atoms with Crippen molar-refractivity contribution in [3.05, 3.63) is 77.8 Å². The minimum Gasteiger partial charge on any atom is -0.451 e. The first-order valence-electron chi connectivity index (χ1n) is 7.83. The minimum atomic E-state index is -4.44. The zero-order valence-electron chi connectivity index (χ0n) is 13.7. The van der Waals surface area contributed by atoms with E-state index >= 15 is 0 Å². The summed E-state index contributed by atoms with van der Waals surface area (Å²) in [5, 5.41) is 2.77. The van der Waals surface area contributed by atoms with Crippen LogP contribution in [0.3, 0.4) is 0 Å². The molecule has 0 spiro atoms. The van der Waals surface area contributed by atoms with Gasteiger partial charge < -0.3 is 9.73 Å². The molecule has 0 radical (unpaired) electrons. The molecule has 1 atom stereocenters. The summed E-state index contributed by atoms with van der Waals surface area (Å²) >= 11 is 0. The van der Waals surface area contributed by atoms with Crippen molar-refractivity contribution in [2.24, 2.45) is 0 Å². The van der Waals surface area contributed by atoms with E-state index in [0.717, 1.165) is 17.7 Å². The van der Waals surface area contributed by atoms with E-state index in [-0.39, 0.29) is 23.1 Å². The zero-order chi connectivity index (χ0) is 18.7. The van der Waals surface area contributed by atoms with E-state index in [9.17, 15) is 18.0 Å². The maximum atomic E-state index is 12.8. The third-order valence-electron chi connectivity index (χ3n) is 3.86. The van der Waals surface area contributed by atoms with Gasteiger partial charge >= 0.3 is 6.18 Å². The molecule has 4 nitrogen and oxygen atoms in total. The molecular weight excluding hydrogens is 345 g/mol. The number of rotatable bonds is 4. The number of benzene rings is 1. The van der Waals surface area contributed by atoms with Crippen LogP contribution in [0.2, 0.25) is 0 Å². The van der Waals surface area contributed by atoms with Gasteiger partial charge in [-0.15, -0.1) is 0 Å². The first-order chi connectivity index (χ1) is 12.3. The van der Waals surface area contributed by atoms with Crippen LogP contribution >= 0.6 is 0 Å². The zero-order valence-corrected chi connectivity index (χ0v) is 13.7. The topological polar surface area (TPSA) is 55.1 Å². The smallest absolute Gasteiger partial charge is 0.416 e. The summed E-state index contributed by atoms with van der Waals surface area (Å²) in [6.07, 6.45) is -1.20. The van der Waals surface area contributed by atoms with Crippen molar-refractivity contribution in [2.45, 2.75) is 19.1 Å². The maximum Gasteiger partial charge on any atom is 0.416 e. The SMILES string of the molecule is CC(NC(=O)c1ccc(-c2cccc(C(F)(F)F)c2)o1)c1ccncc1. The average molecular weight is 360 g/mol. The van der Waals surface area contributed by atoms with Crippen molar-refractivity contribution in [2.75, 3.05) is 0 Å². The van der Waals surface area contributed by atoms with Gasteiger partial charge in [0.2, 0.25) is 0 Å². The van der Waals surface area contributed by atoms with Crippen LogP contribution in [0.25, 0.3) is 11.3 Å². The van der Waals surface area contributed by atoms with Crippen molar-refractivity contribution in [1.29, 1.82) is 0 Å². The molecule has 0 saturated carbocycles. The molecule has 1 unspecified atom stereocenters. The lowest BCUT2D eigenvalue weighted by molar-refractivity contribution is -0.137. The summed E-state index contributed by atoms with van der Waals surface area (Å²) in [5.74, 6) is -0.233. The molecule has 0 bridgehead atoms. The van der Waals surface area contributed by atoms with Crippen LogP contribution in [0, 0.1) is 0 Å². The molecule has 1 amide bonds. The Morgan fingerprint density at radius 3 is 2.54 bits per heavy atom. The third kappa shape index (κ3) is 3.93. The molecule has 0 saturated heterocycles. The van der Waals surface area contributed by atoms with Crippen LogP contribution in [-0.4, -0.2) is 10.9 Å². The fraction of sp³-hybridized carbons (Fsp3) is 0.158. The maximum absolute atomic E-state index is 12.8. The average Bonchev–Trinajstić information content (AvgIpc) is 3.12. The molecule has 2 heterocycles. The summed E-state index contributed by atoms with van der Waals surface area (Å²) in [6.45, 7) is 1.81. The van der Waals surface area contributed by atoms with E-state index in [1.165, 1.54) is 24.3 Å². The second-order valence-electron chi connectivity index (χ2n) is 5.72. The van der Waals surface area contributed by atoms with Gasteiger partial charge in [-0.3, -0.25) is 9.78 Å². The van der Waals surface area contributed by atoms with E-state index < -0.39 is 17.6 Å². The first kappa shape index (κ1) is 17.7. The van der Waals surface area contributed by atoms with Crippen molar-refractivity contribution < 1.29 is 22.4 Å². The second-order valence-corrected chi connectivity index (χ2v) is 5.72. The molecule has 7 heteroatoms. The Balaban J connectivity index is 1.76. The van der Waals surface area contributed by atoms with Crippen LogP contribution < -0.4 is 5.32 Å². The molecule has 2 aromatic heterocycles. The minimum absolute atomic E-state index is 0.0262. The largest absolute Gasteiger partial charge is 0.451 e. The van der Waals surface area contributed by atoms with Crippen LogP contribution in [-0.2, 0) is 6.18 Å². The molecule has 0 fully saturated rings. The number of furan rings is 1. The first-order valence-corrected chi connectivity index (χ1v) is 7.83. The van der Waals surface area contributed by atoms with E-state index in [1.807, 2.05) is 6.92 Å². The van der Waals surface area contributed by atoms with Gasteiger partial charge in [-0.2, -0.15) is 13.2 Å². The van der Waals surface area contributed by atoms with Crippen molar-refractivity contribution in [3.8, 4) is 11.3 Å². The molecule has 0 aliphatic heterocycles. The quantitative estimate of drug-likeness (QED) is 0.723. The number of alkyl halides is 3. The van der Waals surface area contributed by atoms with Gasteiger partial charge in [0.05, 0.1) is 11.6 Å². The van der Waals surface area contributed by atoms with Crippen LogP contribution in [0.5, 0.6) is 0 Å². The number of nitrogens with one attached hydrogen (secondary N) is 1. The van der Waals surface area contributed by atoms with Crippen LogP contribution in [0.1, 0.15) is 34.6 Å². The summed E-state index contributed by atoms with van der Waals surface area (Å²) < 4.78 is 43.9. The monoisotopic (exact) mass is 360 g/mol. The lowest BCUT2D eigenvalue weighted by atomic mass is 10.1. The van der Waals surface area contributed by atoms with Crippen LogP contribution in [0.4, 0.5) is 13.2 Å². The lowest BCUT2D eigenvalue weighted by Gasteiger charge is -2.12. The van der Waals surface area contributed by atoms with Gasteiger partial charge in [0.1, 0.15) is 5.76 Å². The number of amides is 1. The predicted molar refractivity (Wildman–Crippen MR) is 89.3 cm³/mol. The Kier molecular flexibility index (Phi) is 4.79. The molecule has 3 aromatic rings. The molecule has 1 aromatic carbocycles. The van der Waals surface area contributed by atoms with E-state index in [0.29, 0.717) is 0 Å². The Labute approximate surface area is 147 Å².